The quantitative estimate of drug-likeness (QED) is 0.804. The molecule has 1 aliphatic rings. The molecule has 1 aromatic carbocycles. The lowest BCUT2D eigenvalue weighted by molar-refractivity contribution is -0.0150. The maximum Gasteiger partial charge on any atom is 0.150 e. The largest absolute Gasteiger partial charge is 0.389 e. The van der Waals surface area contributed by atoms with E-state index >= 15 is 0 Å². The molecule has 1 aromatic rings. The number of carbonyl (C=O) groups excluding carboxylic acids is 1. The van der Waals surface area contributed by atoms with Gasteiger partial charge in [0.05, 0.1) is 5.60 Å². The van der Waals surface area contributed by atoms with E-state index < -0.39 is 5.60 Å². The summed E-state index contributed by atoms with van der Waals surface area (Å²) in [7, 11) is 2.08. The number of carbonyl (C=O) groups is 1. The van der Waals surface area contributed by atoms with Crippen molar-refractivity contribution in [1.29, 1.82) is 0 Å². The SMILES string of the molecule is CN1CCC(O)(Cc2ccc(C=O)cc2)CC1. The first-order valence-corrected chi connectivity index (χ1v) is 6.06. The molecule has 1 N–H and O–H groups in total. The Labute approximate surface area is 102 Å². The van der Waals surface area contributed by atoms with Crippen LogP contribution in [0.3, 0.4) is 0 Å². The van der Waals surface area contributed by atoms with E-state index in [1.54, 1.807) is 12.1 Å². The Kier molecular flexibility index (Phi) is 3.60. The summed E-state index contributed by atoms with van der Waals surface area (Å²) < 4.78 is 0. The lowest BCUT2D eigenvalue weighted by Gasteiger charge is -2.36. The monoisotopic (exact) mass is 233 g/mol. The van der Waals surface area contributed by atoms with Crippen LogP contribution in [0, 0.1) is 0 Å². The summed E-state index contributed by atoms with van der Waals surface area (Å²) in [5.41, 5.74) is 1.21. The van der Waals surface area contributed by atoms with Gasteiger partial charge < -0.3 is 10.0 Å². The molecule has 1 aliphatic heterocycles. The van der Waals surface area contributed by atoms with E-state index in [-0.39, 0.29) is 0 Å². The van der Waals surface area contributed by atoms with Crippen molar-refractivity contribution in [3.63, 3.8) is 0 Å². The fourth-order valence-corrected chi connectivity index (χ4v) is 2.31. The minimum Gasteiger partial charge on any atom is -0.389 e. The lowest BCUT2D eigenvalue weighted by atomic mass is 9.85. The summed E-state index contributed by atoms with van der Waals surface area (Å²) in [6, 6.07) is 7.47. The Hall–Kier alpha value is -1.19. The van der Waals surface area contributed by atoms with Gasteiger partial charge in [0.15, 0.2) is 0 Å². The Morgan fingerprint density at radius 3 is 2.41 bits per heavy atom. The minimum atomic E-state index is -0.574. The van der Waals surface area contributed by atoms with E-state index in [0.29, 0.717) is 12.0 Å². The van der Waals surface area contributed by atoms with E-state index in [0.717, 1.165) is 37.8 Å². The molecule has 0 spiro atoms. The first-order valence-electron chi connectivity index (χ1n) is 6.06. The van der Waals surface area contributed by atoms with Crippen molar-refractivity contribution in [2.24, 2.45) is 0 Å². The van der Waals surface area contributed by atoms with Crippen molar-refractivity contribution in [3.05, 3.63) is 35.4 Å². The second-order valence-corrected chi connectivity index (χ2v) is 5.06. The summed E-state index contributed by atoms with van der Waals surface area (Å²) in [4.78, 5) is 12.8. The Morgan fingerprint density at radius 2 is 1.88 bits per heavy atom. The number of piperidine rings is 1. The van der Waals surface area contributed by atoms with Crippen LogP contribution in [0.4, 0.5) is 0 Å². The fourth-order valence-electron chi connectivity index (χ4n) is 2.31. The molecule has 0 atom stereocenters. The third-order valence-corrected chi connectivity index (χ3v) is 3.57. The normalized spacial score (nSPS) is 20.1. The fraction of sp³-hybridized carbons (Fsp3) is 0.500. The number of aldehydes is 1. The third kappa shape index (κ3) is 3.14. The van der Waals surface area contributed by atoms with Crippen LogP contribution in [0.5, 0.6) is 0 Å². The molecule has 0 radical (unpaired) electrons. The summed E-state index contributed by atoms with van der Waals surface area (Å²) in [5.74, 6) is 0. The van der Waals surface area contributed by atoms with E-state index in [1.165, 1.54) is 0 Å². The van der Waals surface area contributed by atoms with E-state index in [1.807, 2.05) is 12.1 Å². The number of aliphatic hydroxyl groups is 1. The van der Waals surface area contributed by atoms with Gasteiger partial charge in [0.1, 0.15) is 6.29 Å². The average molecular weight is 233 g/mol. The highest BCUT2D eigenvalue weighted by Gasteiger charge is 2.31. The number of nitrogens with zero attached hydrogens (tertiary/aromatic N) is 1. The predicted molar refractivity (Wildman–Crippen MR) is 67.2 cm³/mol. The summed E-state index contributed by atoms with van der Waals surface area (Å²) in [6.07, 6.45) is 3.16. The molecular weight excluding hydrogens is 214 g/mol. The maximum absolute atomic E-state index is 10.6. The molecule has 1 saturated heterocycles. The van der Waals surface area contributed by atoms with Crippen LogP contribution in [0.1, 0.15) is 28.8 Å². The number of benzene rings is 1. The topological polar surface area (TPSA) is 40.5 Å². The summed E-state index contributed by atoms with van der Waals surface area (Å²) in [5, 5.41) is 10.5. The zero-order chi connectivity index (χ0) is 12.3. The van der Waals surface area contributed by atoms with Crippen LogP contribution in [0.15, 0.2) is 24.3 Å². The molecule has 92 valence electrons. The van der Waals surface area contributed by atoms with Crippen LogP contribution >= 0.6 is 0 Å². The van der Waals surface area contributed by atoms with Crippen molar-refractivity contribution in [1.82, 2.24) is 4.90 Å². The van der Waals surface area contributed by atoms with Crippen LogP contribution in [0.2, 0.25) is 0 Å². The zero-order valence-corrected chi connectivity index (χ0v) is 10.2. The van der Waals surface area contributed by atoms with Crippen molar-refractivity contribution >= 4 is 6.29 Å². The lowest BCUT2D eigenvalue weighted by Crippen LogP contribution is -2.44. The number of hydrogen-bond acceptors (Lipinski definition) is 3. The molecule has 0 bridgehead atoms. The summed E-state index contributed by atoms with van der Waals surface area (Å²) >= 11 is 0. The maximum atomic E-state index is 10.6. The van der Waals surface area contributed by atoms with Gasteiger partial charge in [-0.05, 0) is 25.5 Å². The van der Waals surface area contributed by atoms with Gasteiger partial charge >= 0.3 is 0 Å². The Bertz CT molecular complexity index is 378. The standard InChI is InChI=1S/C14H19NO2/c1-15-8-6-14(17,7-9-15)10-12-2-4-13(11-16)5-3-12/h2-5,11,17H,6-10H2,1H3. The van der Waals surface area contributed by atoms with Crippen molar-refractivity contribution in [2.75, 3.05) is 20.1 Å². The second-order valence-electron chi connectivity index (χ2n) is 5.06. The summed E-state index contributed by atoms with van der Waals surface area (Å²) in [6.45, 7) is 1.89. The van der Waals surface area contributed by atoms with Crippen LogP contribution in [0.25, 0.3) is 0 Å². The Balaban J connectivity index is 2.01. The number of rotatable bonds is 3. The van der Waals surface area contributed by atoms with Gasteiger partial charge in [-0.2, -0.15) is 0 Å². The van der Waals surface area contributed by atoms with E-state index in [9.17, 15) is 9.90 Å². The molecule has 1 fully saturated rings. The molecule has 0 unspecified atom stereocenters. The molecular formula is C14H19NO2. The molecule has 0 amide bonds. The van der Waals surface area contributed by atoms with Crippen molar-refractivity contribution in [3.8, 4) is 0 Å². The first kappa shape index (κ1) is 12.3. The van der Waals surface area contributed by atoms with Gasteiger partial charge in [0.2, 0.25) is 0 Å². The smallest absolute Gasteiger partial charge is 0.150 e. The molecule has 17 heavy (non-hydrogen) atoms. The molecule has 3 nitrogen and oxygen atoms in total. The highest BCUT2D eigenvalue weighted by Crippen LogP contribution is 2.25. The van der Waals surface area contributed by atoms with E-state index in [2.05, 4.69) is 11.9 Å². The van der Waals surface area contributed by atoms with Gasteiger partial charge in [0.25, 0.3) is 0 Å². The minimum absolute atomic E-state index is 0.574. The molecule has 1 heterocycles. The van der Waals surface area contributed by atoms with Gasteiger partial charge in [-0.1, -0.05) is 24.3 Å². The molecule has 0 aliphatic carbocycles. The van der Waals surface area contributed by atoms with Crippen molar-refractivity contribution in [2.45, 2.75) is 24.9 Å². The number of hydrogen-bond donors (Lipinski definition) is 1. The molecule has 0 aromatic heterocycles. The Morgan fingerprint density at radius 1 is 1.29 bits per heavy atom. The molecule has 3 heteroatoms. The van der Waals surface area contributed by atoms with Crippen LogP contribution in [-0.4, -0.2) is 42.0 Å². The van der Waals surface area contributed by atoms with Gasteiger partial charge in [-0.15, -0.1) is 0 Å². The van der Waals surface area contributed by atoms with Crippen molar-refractivity contribution < 1.29 is 9.90 Å². The predicted octanol–water partition coefficient (Wildman–Crippen LogP) is 1.50. The zero-order valence-electron chi connectivity index (χ0n) is 10.2. The molecule has 2 rings (SSSR count). The van der Waals surface area contributed by atoms with Gasteiger partial charge in [-0.25, -0.2) is 0 Å². The highest BCUT2D eigenvalue weighted by atomic mass is 16.3. The van der Waals surface area contributed by atoms with Crippen LogP contribution in [-0.2, 0) is 6.42 Å². The average Bonchev–Trinajstić information content (AvgIpc) is 2.34. The molecule has 0 saturated carbocycles. The second kappa shape index (κ2) is 4.98. The van der Waals surface area contributed by atoms with E-state index in [4.69, 9.17) is 0 Å². The highest BCUT2D eigenvalue weighted by molar-refractivity contribution is 5.74. The first-order chi connectivity index (χ1) is 8.11. The van der Waals surface area contributed by atoms with Crippen LogP contribution < -0.4 is 0 Å². The third-order valence-electron chi connectivity index (χ3n) is 3.57. The van der Waals surface area contributed by atoms with Gasteiger partial charge in [0, 0.05) is 25.1 Å². The number of likely N-dealkylation sites (tertiary alicyclic amines) is 1. The van der Waals surface area contributed by atoms with Gasteiger partial charge in [-0.3, -0.25) is 4.79 Å².